The summed E-state index contributed by atoms with van der Waals surface area (Å²) in [6.07, 6.45) is 1.96. The highest BCUT2D eigenvalue weighted by atomic mass is 16.2. The molecule has 4 heteroatoms. The highest BCUT2D eigenvalue weighted by Gasteiger charge is 2.33. The molecule has 0 saturated heterocycles. The molecule has 2 amide bonds. The molecule has 28 heavy (non-hydrogen) atoms. The van der Waals surface area contributed by atoms with E-state index in [1.807, 2.05) is 38.1 Å². The second kappa shape index (κ2) is 8.01. The molecule has 0 aliphatic carbocycles. The summed E-state index contributed by atoms with van der Waals surface area (Å²) >= 11 is 0. The fourth-order valence-electron chi connectivity index (χ4n) is 3.52. The Kier molecular flexibility index (Phi) is 6.13. The Morgan fingerprint density at radius 2 is 1.50 bits per heavy atom. The lowest BCUT2D eigenvalue weighted by atomic mass is 9.77. The van der Waals surface area contributed by atoms with Crippen LogP contribution in [0.3, 0.4) is 0 Å². The lowest BCUT2D eigenvalue weighted by Gasteiger charge is -2.28. The fourth-order valence-corrected chi connectivity index (χ4v) is 3.52. The summed E-state index contributed by atoms with van der Waals surface area (Å²) in [7, 11) is 0. The SMILES string of the molecule is C=C(/C(=C(C)\C=C(/C)NN1C(=O)C(C)=C(C)C1=O)C(C)(C)C)c1ccccc1. The van der Waals surface area contributed by atoms with Gasteiger partial charge in [0.05, 0.1) is 0 Å². The zero-order valence-corrected chi connectivity index (χ0v) is 17.9. The van der Waals surface area contributed by atoms with Crippen LogP contribution in [-0.4, -0.2) is 16.8 Å². The highest BCUT2D eigenvalue weighted by Crippen LogP contribution is 2.38. The smallest absolute Gasteiger partial charge is 0.275 e. The van der Waals surface area contributed by atoms with Crippen LogP contribution in [0, 0.1) is 5.41 Å². The van der Waals surface area contributed by atoms with Crippen molar-refractivity contribution in [2.24, 2.45) is 5.41 Å². The van der Waals surface area contributed by atoms with Crippen LogP contribution in [0.25, 0.3) is 5.57 Å². The second-order valence-corrected chi connectivity index (χ2v) is 8.29. The number of rotatable bonds is 5. The van der Waals surface area contributed by atoms with Crippen molar-refractivity contribution in [2.45, 2.75) is 48.5 Å². The van der Waals surface area contributed by atoms with Gasteiger partial charge in [-0.15, -0.1) is 0 Å². The molecule has 0 unspecified atom stereocenters. The van der Waals surface area contributed by atoms with Gasteiger partial charge in [-0.3, -0.25) is 15.0 Å². The van der Waals surface area contributed by atoms with Gasteiger partial charge in [0.2, 0.25) is 0 Å². The molecular weight excluding hydrogens is 348 g/mol. The number of hydrogen-bond donors (Lipinski definition) is 1. The predicted octanol–water partition coefficient (Wildman–Crippen LogP) is 5.18. The third-order valence-electron chi connectivity index (χ3n) is 4.90. The lowest BCUT2D eigenvalue weighted by Crippen LogP contribution is -2.42. The van der Waals surface area contributed by atoms with Crippen LogP contribution in [0.5, 0.6) is 0 Å². The van der Waals surface area contributed by atoms with Crippen molar-refractivity contribution in [3.63, 3.8) is 0 Å². The molecule has 1 aliphatic rings. The molecule has 0 spiro atoms. The first-order valence-electron chi connectivity index (χ1n) is 9.42. The summed E-state index contributed by atoms with van der Waals surface area (Å²) < 4.78 is 0. The van der Waals surface area contributed by atoms with Crippen LogP contribution in [0.1, 0.15) is 54.0 Å². The van der Waals surface area contributed by atoms with E-state index in [9.17, 15) is 9.59 Å². The highest BCUT2D eigenvalue weighted by molar-refractivity contribution is 6.18. The quantitative estimate of drug-likeness (QED) is 0.567. The van der Waals surface area contributed by atoms with Crippen molar-refractivity contribution in [3.05, 3.63) is 76.5 Å². The first-order chi connectivity index (χ1) is 12.9. The van der Waals surface area contributed by atoms with Gasteiger partial charge < -0.3 is 0 Å². The Morgan fingerprint density at radius 1 is 1.00 bits per heavy atom. The average molecular weight is 379 g/mol. The van der Waals surface area contributed by atoms with E-state index in [4.69, 9.17) is 0 Å². The Labute approximate surface area is 168 Å². The molecule has 0 saturated carbocycles. The van der Waals surface area contributed by atoms with Crippen molar-refractivity contribution in [3.8, 4) is 0 Å². The van der Waals surface area contributed by atoms with Gasteiger partial charge in [0.25, 0.3) is 11.8 Å². The van der Waals surface area contributed by atoms with E-state index < -0.39 is 0 Å². The number of carbonyl (C=O) groups is 2. The summed E-state index contributed by atoms with van der Waals surface area (Å²) in [6, 6.07) is 10.1. The van der Waals surface area contributed by atoms with Crippen LogP contribution in [-0.2, 0) is 9.59 Å². The van der Waals surface area contributed by atoms with E-state index >= 15 is 0 Å². The van der Waals surface area contributed by atoms with E-state index in [0.29, 0.717) is 16.8 Å². The van der Waals surface area contributed by atoms with Gasteiger partial charge in [0.15, 0.2) is 0 Å². The minimum absolute atomic E-state index is 0.123. The molecule has 1 aromatic carbocycles. The van der Waals surface area contributed by atoms with Crippen molar-refractivity contribution in [1.29, 1.82) is 0 Å². The van der Waals surface area contributed by atoms with Crippen LogP contribution in [0.15, 0.2) is 71.0 Å². The van der Waals surface area contributed by atoms with Gasteiger partial charge in [0.1, 0.15) is 0 Å². The number of nitrogens with one attached hydrogen (secondary N) is 1. The first-order valence-corrected chi connectivity index (χ1v) is 9.42. The minimum Gasteiger partial charge on any atom is -0.293 e. The number of hydrogen-bond acceptors (Lipinski definition) is 3. The van der Waals surface area contributed by atoms with Crippen molar-refractivity contribution in [1.82, 2.24) is 10.4 Å². The number of amides is 2. The van der Waals surface area contributed by atoms with E-state index in [1.165, 1.54) is 0 Å². The van der Waals surface area contributed by atoms with E-state index in [2.05, 4.69) is 44.9 Å². The normalized spacial score (nSPS) is 16.5. The van der Waals surface area contributed by atoms with E-state index in [-0.39, 0.29) is 17.2 Å². The zero-order chi connectivity index (χ0) is 21.2. The Morgan fingerprint density at radius 3 is 1.96 bits per heavy atom. The van der Waals surface area contributed by atoms with Gasteiger partial charge in [-0.25, -0.2) is 0 Å². The standard InChI is InChI=1S/C24H30N2O2/c1-15(14-16(2)25-26-22(27)17(3)18(4)23(26)28)21(24(6,7)8)19(5)20-12-10-9-11-13-20/h9-14,25H,5H2,1-4,6-8H3/b16-14+,21-15+. The largest absolute Gasteiger partial charge is 0.293 e. The van der Waals surface area contributed by atoms with Crippen LogP contribution in [0.2, 0.25) is 0 Å². The Bertz CT molecular complexity index is 886. The topological polar surface area (TPSA) is 49.4 Å². The van der Waals surface area contributed by atoms with Gasteiger partial charge in [0, 0.05) is 16.8 Å². The maximum absolute atomic E-state index is 12.3. The number of nitrogens with zero attached hydrogens (tertiary/aromatic N) is 1. The number of imide groups is 1. The third-order valence-corrected chi connectivity index (χ3v) is 4.90. The monoisotopic (exact) mass is 378 g/mol. The van der Waals surface area contributed by atoms with Crippen molar-refractivity contribution in [2.75, 3.05) is 0 Å². The molecular formula is C24H30N2O2. The van der Waals surface area contributed by atoms with Crippen molar-refractivity contribution >= 4 is 17.4 Å². The van der Waals surface area contributed by atoms with Gasteiger partial charge in [-0.05, 0) is 61.5 Å². The first kappa shape index (κ1) is 21.4. The summed E-state index contributed by atoms with van der Waals surface area (Å²) in [5.41, 5.74) is 8.70. The minimum atomic E-state index is -0.304. The molecule has 0 aromatic heterocycles. The lowest BCUT2D eigenvalue weighted by molar-refractivity contribution is -0.140. The fraction of sp³-hybridized carbons (Fsp3) is 0.333. The number of benzene rings is 1. The zero-order valence-electron chi connectivity index (χ0n) is 17.9. The molecule has 0 bridgehead atoms. The van der Waals surface area contributed by atoms with Gasteiger partial charge in [-0.2, -0.15) is 5.01 Å². The third kappa shape index (κ3) is 4.33. The number of allylic oxidation sites excluding steroid dienone is 5. The molecule has 4 nitrogen and oxygen atoms in total. The van der Waals surface area contributed by atoms with Crippen molar-refractivity contribution < 1.29 is 9.59 Å². The average Bonchev–Trinajstić information content (AvgIpc) is 2.79. The van der Waals surface area contributed by atoms with E-state index in [1.54, 1.807) is 13.8 Å². The summed E-state index contributed by atoms with van der Waals surface area (Å²) in [6.45, 7) is 18.0. The molecule has 148 valence electrons. The van der Waals surface area contributed by atoms with Gasteiger partial charge >= 0.3 is 0 Å². The molecule has 0 radical (unpaired) electrons. The Balaban J connectivity index is 2.37. The maximum Gasteiger partial charge on any atom is 0.275 e. The molecule has 1 heterocycles. The summed E-state index contributed by atoms with van der Waals surface area (Å²) in [5, 5.41) is 1.08. The summed E-state index contributed by atoms with van der Waals surface area (Å²) in [4.78, 5) is 24.5. The molecule has 2 rings (SSSR count). The van der Waals surface area contributed by atoms with E-state index in [0.717, 1.165) is 27.3 Å². The molecule has 1 aliphatic heterocycles. The molecule has 1 aromatic rings. The van der Waals surface area contributed by atoms with Crippen LogP contribution in [0.4, 0.5) is 0 Å². The van der Waals surface area contributed by atoms with Gasteiger partial charge in [-0.1, -0.05) is 57.7 Å². The number of hydrazine groups is 1. The predicted molar refractivity (Wildman–Crippen MR) is 115 cm³/mol. The maximum atomic E-state index is 12.3. The Hall–Kier alpha value is -2.88. The van der Waals surface area contributed by atoms with Crippen LogP contribution >= 0.6 is 0 Å². The summed E-state index contributed by atoms with van der Waals surface area (Å²) in [5.74, 6) is -0.608. The molecule has 1 N–H and O–H groups in total. The molecule has 0 atom stereocenters. The number of carbonyl (C=O) groups excluding carboxylic acids is 2. The second-order valence-electron chi connectivity index (χ2n) is 8.29. The van der Waals surface area contributed by atoms with Crippen LogP contribution < -0.4 is 5.43 Å². The molecule has 0 fully saturated rings.